The Morgan fingerprint density at radius 1 is 1.03 bits per heavy atom. The highest BCUT2D eigenvalue weighted by Crippen LogP contribution is 2.11. The van der Waals surface area contributed by atoms with Gasteiger partial charge < -0.3 is 35.3 Å². The fourth-order valence-corrected chi connectivity index (χ4v) is 2.82. The van der Waals surface area contributed by atoms with E-state index >= 15 is 0 Å². The zero-order valence-electron chi connectivity index (χ0n) is 20.3. The van der Waals surface area contributed by atoms with Crippen LogP contribution < -0.4 is 21.3 Å². The zero-order valence-corrected chi connectivity index (χ0v) is 20.3. The molecule has 0 fully saturated rings. The van der Waals surface area contributed by atoms with E-state index in [1.165, 1.54) is 0 Å². The lowest BCUT2D eigenvalue weighted by Gasteiger charge is -2.24. The molecule has 0 heterocycles. The second-order valence-corrected chi connectivity index (χ2v) is 8.08. The van der Waals surface area contributed by atoms with E-state index in [0.717, 1.165) is 11.3 Å². The van der Waals surface area contributed by atoms with Gasteiger partial charge >= 0.3 is 0 Å². The number of benzene rings is 1. The first-order valence-corrected chi connectivity index (χ1v) is 11.2. The summed E-state index contributed by atoms with van der Waals surface area (Å²) in [4.78, 5) is 24.9. The summed E-state index contributed by atoms with van der Waals surface area (Å²) in [6.07, 6.45) is -0.812. The van der Waals surface area contributed by atoms with Crippen molar-refractivity contribution in [3.8, 4) is 0 Å². The summed E-state index contributed by atoms with van der Waals surface area (Å²) in [5.74, 6) is -0.499. The molecule has 33 heavy (non-hydrogen) atoms. The number of aliphatic hydroxyl groups is 1. The molecule has 0 saturated carbocycles. The van der Waals surface area contributed by atoms with Crippen LogP contribution in [0.15, 0.2) is 24.3 Å². The first-order chi connectivity index (χ1) is 15.8. The summed E-state index contributed by atoms with van der Waals surface area (Å²) < 4.78 is 15.4. The van der Waals surface area contributed by atoms with Crippen molar-refractivity contribution < 1.29 is 28.9 Å². The topological polar surface area (TPSA) is 130 Å². The molecule has 1 aromatic rings. The lowest BCUT2D eigenvalue weighted by Crippen LogP contribution is -2.52. The largest absolute Gasteiger partial charge is 0.383 e. The van der Waals surface area contributed by atoms with Gasteiger partial charge in [0, 0.05) is 31.8 Å². The van der Waals surface area contributed by atoms with Crippen LogP contribution in [0.2, 0.25) is 0 Å². The fraction of sp³-hybridized carbons (Fsp3) is 0.652. The monoisotopic (exact) mass is 468 g/mol. The third-order valence-electron chi connectivity index (χ3n) is 4.78. The third-order valence-corrected chi connectivity index (χ3v) is 4.78. The highest BCUT2D eigenvalue weighted by molar-refractivity contribution is 5.88. The van der Waals surface area contributed by atoms with Gasteiger partial charge in [-0.2, -0.15) is 0 Å². The molecule has 1 rings (SSSR count). The second kappa shape index (κ2) is 16.4. The van der Waals surface area contributed by atoms with Crippen LogP contribution in [0.3, 0.4) is 0 Å². The van der Waals surface area contributed by atoms with Gasteiger partial charge in [-0.05, 0) is 37.6 Å². The minimum Gasteiger partial charge on any atom is -0.383 e. The average Bonchev–Trinajstić information content (AvgIpc) is 2.79. The molecule has 3 atom stereocenters. The van der Waals surface area contributed by atoms with Crippen molar-refractivity contribution in [3.63, 3.8) is 0 Å². The maximum Gasteiger partial charge on any atom is 0.243 e. The first kappa shape index (κ1) is 28.8. The molecule has 2 amide bonds. The van der Waals surface area contributed by atoms with Crippen LogP contribution in [0.4, 0.5) is 5.69 Å². The van der Waals surface area contributed by atoms with E-state index < -0.39 is 12.5 Å². The molecule has 2 unspecified atom stereocenters. The molecule has 0 bridgehead atoms. The minimum atomic E-state index is -0.999. The second-order valence-electron chi connectivity index (χ2n) is 8.08. The maximum atomic E-state index is 12.7. The number of hydrogen-bond acceptors (Lipinski definition) is 8. The van der Waals surface area contributed by atoms with Gasteiger partial charge in [0.2, 0.25) is 18.2 Å². The minimum absolute atomic E-state index is 0.0558. The highest BCUT2D eigenvalue weighted by atomic mass is 16.6. The Balaban J connectivity index is 2.42. The van der Waals surface area contributed by atoms with E-state index in [1.54, 1.807) is 14.2 Å². The Morgan fingerprint density at radius 2 is 1.73 bits per heavy atom. The third kappa shape index (κ3) is 12.5. The smallest absolute Gasteiger partial charge is 0.243 e. The van der Waals surface area contributed by atoms with Gasteiger partial charge in [-0.1, -0.05) is 26.0 Å². The molecule has 0 aromatic heterocycles. The van der Waals surface area contributed by atoms with Crippen molar-refractivity contribution >= 4 is 17.5 Å². The predicted molar refractivity (Wildman–Crippen MR) is 126 cm³/mol. The van der Waals surface area contributed by atoms with Crippen LogP contribution in [0.5, 0.6) is 0 Å². The Labute approximate surface area is 196 Å². The van der Waals surface area contributed by atoms with Gasteiger partial charge in [-0.3, -0.25) is 14.9 Å². The van der Waals surface area contributed by atoms with Crippen molar-refractivity contribution in [1.82, 2.24) is 16.0 Å². The van der Waals surface area contributed by atoms with Crippen molar-refractivity contribution in [3.05, 3.63) is 29.8 Å². The Hall–Kier alpha value is -2.24. The Bertz CT molecular complexity index is 686. The number of anilines is 1. The lowest BCUT2D eigenvalue weighted by atomic mass is 10.0. The van der Waals surface area contributed by atoms with Gasteiger partial charge in [0.05, 0.1) is 26.4 Å². The summed E-state index contributed by atoms with van der Waals surface area (Å²) in [7, 11) is 3.19. The van der Waals surface area contributed by atoms with E-state index in [0.29, 0.717) is 19.8 Å². The van der Waals surface area contributed by atoms with E-state index in [2.05, 4.69) is 21.3 Å². The molecule has 0 aliphatic heterocycles. The number of methoxy groups -OCH3 is 1. The normalized spacial score (nSPS) is 13.9. The molecular weight excluding hydrogens is 428 g/mol. The molecule has 10 heteroatoms. The van der Waals surface area contributed by atoms with Crippen molar-refractivity contribution in [2.75, 3.05) is 45.8 Å². The number of ether oxygens (including phenoxy) is 3. The number of carbonyl (C=O) groups excluding carboxylic acids is 2. The van der Waals surface area contributed by atoms with Crippen molar-refractivity contribution in [2.24, 2.45) is 5.92 Å². The molecule has 0 saturated heterocycles. The fourth-order valence-electron chi connectivity index (χ4n) is 2.82. The molecule has 5 N–H and O–H groups in total. The Kier molecular flexibility index (Phi) is 14.3. The molecular formula is C23H40N4O6. The van der Waals surface area contributed by atoms with Crippen LogP contribution in [-0.4, -0.2) is 75.9 Å². The van der Waals surface area contributed by atoms with Crippen LogP contribution in [-0.2, 0) is 30.4 Å². The summed E-state index contributed by atoms with van der Waals surface area (Å²) in [5.41, 5.74) is 1.83. The van der Waals surface area contributed by atoms with Gasteiger partial charge in [0.15, 0.2) is 0 Å². The van der Waals surface area contributed by atoms with Gasteiger partial charge in [0.1, 0.15) is 6.04 Å². The van der Waals surface area contributed by atoms with Crippen LogP contribution >= 0.6 is 0 Å². The summed E-state index contributed by atoms with van der Waals surface area (Å²) in [6, 6.07) is 6.84. The lowest BCUT2D eigenvalue weighted by molar-refractivity contribution is -0.131. The zero-order chi connectivity index (χ0) is 24.6. The molecule has 0 aliphatic rings. The first-order valence-electron chi connectivity index (χ1n) is 11.2. The predicted octanol–water partition coefficient (Wildman–Crippen LogP) is 0.809. The van der Waals surface area contributed by atoms with Crippen LogP contribution in [0.25, 0.3) is 0 Å². The number of hydrogen-bond donors (Lipinski definition) is 5. The number of rotatable bonds is 17. The van der Waals surface area contributed by atoms with E-state index in [-0.39, 0.29) is 43.4 Å². The van der Waals surface area contributed by atoms with Gasteiger partial charge in [0.25, 0.3) is 0 Å². The standard InChI is InChI=1S/C23H40N4O6/c1-16(2)21(27-20(28)10-11-32-13-12-31-5)22(29)26-17(3)14-25-19-8-6-18(7-9-19)15-33-23(30)24-4/h6-9,16-17,21,23-25,30H,10-15H2,1-5H3,(H,26,29)(H,27,28)/t17-,21?,23?/m0/s1. The molecule has 1 aromatic carbocycles. The highest BCUT2D eigenvalue weighted by Gasteiger charge is 2.25. The molecule has 0 radical (unpaired) electrons. The molecule has 0 aliphatic carbocycles. The molecule has 0 spiro atoms. The Morgan fingerprint density at radius 3 is 2.33 bits per heavy atom. The molecule has 10 nitrogen and oxygen atoms in total. The summed E-state index contributed by atoms with van der Waals surface area (Å²) >= 11 is 0. The SMILES string of the molecule is CNC(O)OCc1ccc(NC[C@H](C)NC(=O)C(NC(=O)CCOCCOC)C(C)C)cc1. The van der Waals surface area contributed by atoms with E-state index in [1.807, 2.05) is 45.0 Å². The van der Waals surface area contributed by atoms with Crippen molar-refractivity contribution in [2.45, 2.75) is 52.3 Å². The number of nitrogens with one attached hydrogen (secondary N) is 4. The van der Waals surface area contributed by atoms with Crippen LogP contribution in [0, 0.1) is 5.92 Å². The van der Waals surface area contributed by atoms with Gasteiger partial charge in [-0.15, -0.1) is 0 Å². The van der Waals surface area contributed by atoms with Crippen LogP contribution in [0.1, 0.15) is 32.8 Å². The van der Waals surface area contributed by atoms with Gasteiger partial charge in [-0.25, -0.2) is 0 Å². The number of carbonyl (C=O) groups is 2. The number of aliphatic hydroxyl groups excluding tert-OH is 1. The molecule has 188 valence electrons. The summed E-state index contributed by atoms with van der Waals surface area (Å²) in [6.45, 7) is 7.68. The average molecular weight is 469 g/mol. The van der Waals surface area contributed by atoms with E-state index in [4.69, 9.17) is 14.2 Å². The summed E-state index contributed by atoms with van der Waals surface area (Å²) in [5, 5.41) is 21.0. The quantitative estimate of drug-likeness (QED) is 0.168. The van der Waals surface area contributed by atoms with Crippen molar-refractivity contribution in [1.29, 1.82) is 0 Å². The van der Waals surface area contributed by atoms with E-state index in [9.17, 15) is 14.7 Å². The number of amides is 2. The maximum absolute atomic E-state index is 12.7.